The van der Waals surface area contributed by atoms with E-state index in [0.29, 0.717) is 6.42 Å². The molecule has 2 aromatic rings. The van der Waals surface area contributed by atoms with Gasteiger partial charge in [0.15, 0.2) is 0 Å². The van der Waals surface area contributed by atoms with Crippen LogP contribution in [0.25, 0.3) is 16.5 Å². The first-order valence-corrected chi connectivity index (χ1v) is 10.3. The molecule has 0 fully saturated rings. The van der Waals surface area contributed by atoms with Crippen molar-refractivity contribution in [3.8, 4) is 12.5 Å². The van der Waals surface area contributed by atoms with E-state index in [1.165, 1.54) is 5.56 Å². The van der Waals surface area contributed by atoms with Crippen LogP contribution in [0.3, 0.4) is 0 Å². The molecule has 0 spiro atoms. The van der Waals surface area contributed by atoms with Crippen LogP contribution < -0.4 is 5.32 Å². The molecule has 0 bridgehead atoms. The van der Waals surface area contributed by atoms with Gasteiger partial charge in [-0.05, 0) is 30.1 Å². The summed E-state index contributed by atoms with van der Waals surface area (Å²) in [5.74, 6) is 1.70. The first-order valence-electron chi connectivity index (χ1n) is 10.3. The summed E-state index contributed by atoms with van der Waals surface area (Å²) in [6.45, 7) is 12.2. The van der Waals surface area contributed by atoms with Crippen LogP contribution in [0.5, 0.6) is 0 Å². The molecule has 1 aromatic heterocycles. The lowest BCUT2D eigenvalue weighted by Crippen LogP contribution is -2.23. The summed E-state index contributed by atoms with van der Waals surface area (Å²) < 4.78 is 19.8. The molecule has 2 heterocycles. The van der Waals surface area contributed by atoms with Gasteiger partial charge in [-0.1, -0.05) is 52.0 Å². The number of benzene rings is 1. The van der Waals surface area contributed by atoms with Gasteiger partial charge in [-0.3, -0.25) is 0 Å². The number of para-hydroxylation sites is 1. The minimum Gasteiger partial charge on any atom is -0.456 e. The number of nitrogens with zero attached hydrogens (tertiary/aromatic N) is 1. The van der Waals surface area contributed by atoms with E-state index >= 15 is 0 Å². The Bertz CT molecular complexity index is 1070. The van der Waals surface area contributed by atoms with Crippen LogP contribution >= 0.6 is 0 Å². The normalized spacial score (nSPS) is 18.6. The molecule has 156 valence electrons. The van der Waals surface area contributed by atoms with Gasteiger partial charge in [0.05, 0.1) is 6.04 Å². The van der Waals surface area contributed by atoms with Crippen LogP contribution in [-0.4, -0.2) is 18.4 Å². The maximum atomic E-state index is 13.5. The predicted octanol–water partition coefficient (Wildman–Crippen LogP) is 6.01. The molecule has 3 nitrogen and oxygen atoms in total. The molecule has 0 saturated heterocycles. The molecule has 30 heavy (non-hydrogen) atoms. The predicted molar refractivity (Wildman–Crippen MR) is 124 cm³/mol. The molecular weight excluding hydrogens is 375 g/mol. The third-order valence-electron chi connectivity index (χ3n) is 4.87. The average molecular weight is 405 g/mol. The summed E-state index contributed by atoms with van der Waals surface area (Å²) >= 11 is 0. The Labute approximate surface area is 178 Å². The lowest BCUT2D eigenvalue weighted by atomic mass is 10.0. The van der Waals surface area contributed by atoms with Crippen LogP contribution in [0, 0.1) is 18.4 Å². The van der Waals surface area contributed by atoms with Crippen LogP contribution in [-0.2, 0) is 12.8 Å². The van der Waals surface area contributed by atoms with Crippen molar-refractivity contribution in [2.24, 2.45) is 10.9 Å². The zero-order valence-corrected chi connectivity index (χ0v) is 18.1. The molecule has 4 heteroatoms. The lowest BCUT2D eigenvalue weighted by Gasteiger charge is -2.11. The van der Waals surface area contributed by atoms with E-state index in [2.05, 4.69) is 43.7 Å². The Kier molecular flexibility index (Phi) is 6.62. The standard InChI is InChI=1S/C22H19FN2O.C4H10/c1-4-24-11-16-12-25-20-10-18-17-7-5-6-15(9-14(3)23)21(17)26-22(18)19(20)8-13(16)2;1-4(2)3/h1,5-8,11-12,14,20,25H,2,9-10H2,3H3;4H,1-3H3. The van der Waals surface area contributed by atoms with Gasteiger partial charge in [-0.15, -0.1) is 0 Å². The number of allylic oxidation sites excluding steroid dienone is 3. The van der Waals surface area contributed by atoms with Gasteiger partial charge in [0.1, 0.15) is 17.5 Å². The molecule has 1 aliphatic heterocycles. The summed E-state index contributed by atoms with van der Waals surface area (Å²) in [6, 6.07) is 8.32. The third-order valence-corrected chi connectivity index (χ3v) is 4.87. The second kappa shape index (κ2) is 9.17. The van der Waals surface area contributed by atoms with E-state index in [-0.39, 0.29) is 6.04 Å². The van der Waals surface area contributed by atoms with Crippen molar-refractivity contribution in [3.63, 3.8) is 0 Å². The Morgan fingerprint density at radius 2 is 2.10 bits per heavy atom. The number of hydrogen-bond donors (Lipinski definition) is 1. The highest BCUT2D eigenvalue weighted by molar-refractivity contribution is 5.95. The monoisotopic (exact) mass is 404 g/mol. The smallest absolute Gasteiger partial charge is 0.138 e. The van der Waals surface area contributed by atoms with Crippen LogP contribution in [0.1, 0.15) is 44.6 Å². The topological polar surface area (TPSA) is 37.5 Å². The van der Waals surface area contributed by atoms with Crippen molar-refractivity contribution in [1.82, 2.24) is 5.32 Å². The number of rotatable bonds is 3. The minimum atomic E-state index is -0.908. The van der Waals surface area contributed by atoms with Crippen molar-refractivity contribution < 1.29 is 8.81 Å². The molecule has 2 unspecified atom stereocenters. The maximum absolute atomic E-state index is 13.5. The molecule has 2 aliphatic rings. The fraction of sp³-hybridized carbons (Fsp3) is 0.346. The van der Waals surface area contributed by atoms with Gasteiger partial charge < -0.3 is 9.73 Å². The number of hydrogen-bond acceptors (Lipinski definition) is 3. The quantitative estimate of drug-likeness (QED) is 0.503. The first kappa shape index (κ1) is 21.6. The highest BCUT2D eigenvalue weighted by Crippen LogP contribution is 2.42. The summed E-state index contributed by atoms with van der Waals surface area (Å²) in [6.07, 6.45) is 11.0. The van der Waals surface area contributed by atoms with Gasteiger partial charge in [0.2, 0.25) is 0 Å². The fourth-order valence-electron chi connectivity index (χ4n) is 3.70. The van der Waals surface area contributed by atoms with Crippen molar-refractivity contribution in [2.75, 3.05) is 0 Å². The molecule has 0 radical (unpaired) electrons. The van der Waals surface area contributed by atoms with Gasteiger partial charge in [0.25, 0.3) is 0 Å². The minimum absolute atomic E-state index is 0.116. The highest BCUT2D eigenvalue weighted by Gasteiger charge is 2.33. The Hall–Kier alpha value is -3.06. The van der Waals surface area contributed by atoms with Crippen molar-refractivity contribution in [2.45, 2.75) is 52.8 Å². The number of nitrogens with one attached hydrogen (secondary N) is 1. The molecule has 1 aliphatic carbocycles. The largest absolute Gasteiger partial charge is 0.456 e. The van der Waals surface area contributed by atoms with E-state index < -0.39 is 6.17 Å². The molecule has 1 aromatic carbocycles. The van der Waals surface area contributed by atoms with E-state index in [0.717, 1.165) is 51.4 Å². The second-order valence-electron chi connectivity index (χ2n) is 8.46. The summed E-state index contributed by atoms with van der Waals surface area (Å²) in [7, 11) is 0. The third kappa shape index (κ3) is 4.57. The SMILES string of the molecule is C#CN=CC1=CNC2Cc3c(oc4c(CC(C)F)cccc34)C2=CC1=C.CC(C)C. The number of terminal acetylenes is 1. The zero-order chi connectivity index (χ0) is 21.8. The van der Waals surface area contributed by atoms with Crippen molar-refractivity contribution in [3.05, 3.63) is 65.1 Å². The van der Waals surface area contributed by atoms with E-state index in [1.54, 1.807) is 13.1 Å². The molecule has 0 amide bonds. The van der Waals surface area contributed by atoms with Crippen LogP contribution in [0.2, 0.25) is 0 Å². The molecular formula is C26H29FN2O. The van der Waals surface area contributed by atoms with Crippen LogP contribution in [0.15, 0.2) is 57.6 Å². The molecule has 2 atom stereocenters. The highest BCUT2D eigenvalue weighted by atomic mass is 19.1. The van der Waals surface area contributed by atoms with E-state index in [9.17, 15) is 4.39 Å². The van der Waals surface area contributed by atoms with Gasteiger partial charge >= 0.3 is 0 Å². The number of halogens is 1. The summed E-state index contributed by atoms with van der Waals surface area (Å²) in [5.41, 5.74) is 5.58. The number of alkyl halides is 1. The Morgan fingerprint density at radius 1 is 1.37 bits per heavy atom. The van der Waals surface area contributed by atoms with Gasteiger partial charge in [-0.2, -0.15) is 0 Å². The lowest BCUT2D eigenvalue weighted by molar-refractivity contribution is 0.359. The van der Waals surface area contributed by atoms with Crippen molar-refractivity contribution in [1.29, 1.82) is 0 Å². The number of aliphatic imine (C=N–C) groups is 1. The molecule has 1 N–H and O–H groups in total. The fourth-order valence-corrected chi connectivity index (χ4v) is 3.70. The van der Waals surface area contributed by atoms with E-state index in [1.807, 2.05) is 30.5 Å². The summed E-state index contributed by atoms with van der Waals surface area (Å²) in [5, 5.41) is 4.47. The second-order valence-corrected chi connectivity index (χ2v) is 8.46. The molecule has 4 rings (SSSR count). The molecule has 0 saturated carbocycles. The Morgan fingerprint density at radius 3 is 2.77 bits per heavy atom. The van der Waals surface area contributed by atoms with Crippen molar-refractivity contribution >= 4 is 22.8 Å². The average Bonchev–Trinajstić information content (AvgIpc) is 3.14. The van der Waals surface area contributed by atoms with Crippen LogP contribution in [0.4, 0.5) is 4.39 Å². The number of furan rings is 1. The van der Waals surface area contributed by atoms with E-state index in [4.69, 9.17) is 10.8 Å². The first-order chi connectivity index (χ1) is 14.3. The van der Waals surface area contributed by atoms with Gasteiger partial charge in [-0.25, -0.2) is 9.38 Å². The summed E-state index contributed by atoms with van der Waals surface area (Å²) in [4.78, 5) is 3.85. The van der Waals surface area contributed by atoms with Gasteiger partial charge in [0, 0.05) is 53.4 Å². The maximum Gasteiger partial charge on any atom is 0.138 e. The Balaban J connectivity index is 0.000000589. The zero-order valence-electron chi connectivity index (χ0n) is 18.1. The number of fused-ring (bicyclic) bond motifs is 5.